The lowest BCUT2D eigenvalue weighted by Gasteiger charge is -2.12. The van der Waals surface area contributed by atoms with Gasteiger partial charge in [0.25, 0.3) is 0 Å². The minimum Gasteiger partial charge on any atom is -0.224 e. The Bertz CT molecular complexity index is 2430. The lowest BCUT2D eigenvalue weighted by Crippen LogP contribution is -2.04. The summed E-state index contributed by atoms with van der Waals surface area (Å²) in [6, 6.07) is 26.2. The van der Waals surface area contributed by atoms with E-state index in [1.165, 1.54) is 31.2 Å². The molecule has 8 rings (SSSR count). The van der Waals surface area contributed by atoms with Crippen molar-refractivity contribution in [2.45, 2.75) is 23.1 Å². The van der Waals surface area contributed by atoms with Crippen LogP contribution in [0.2, 0.25) is 20.1 Å². The molecule has 0 atom stereocenters. The molecule has 0 saturated carbocycles. The third kappa shape index (κ3) is 8.11. The molecule has 8 aromatic rings. The molecule has 4 heterocycles. The summed E-state index contributed by atoms with van der Waals surface area (Å²) in [5, 5.41) is 39.4. The Morgan fingerprint density at radius 2 is 0.944 bits per heavy atom. The summed E-state index contributed by atoms with van der Waals surface area (Å²) in [7, 11) is 2.76. The van der Waals surface area contributed by atoms with Gasteiger partial charge in [0.2, 0.25) is 11.6 Å². The van der Waals surface area contributed by atoms with Crippen LogP contribution in [0.15, 0.2) is 116 Å². The van der Waals surface area contributed by atoms with E-state index in [2.05, 4.69) is 52.5 Å². The number of rotatable bonds is 11. The molecule has 270 valence electrons. The van der Waals surface area contributed by atoms with Gasteiger partial charge < -0.3 is 0 Å². The highest BCUT2D eigenvalue weighted by Crippen LogP contribution is 2.46. The normalized spacial score (nSPS) is 11.4. The van der Waals surface area contributed by atoms with Gasteiger partial charge in [-0.05, 0) is 104 Å². The Morgan fingerprint density at radius 3 is 1.33 bits per heavy atom. The van der Waals surface area contributed by atoms with Crippen LogP contribution in [0.4, 0.5) is 0 Å². The van der Waals surface area contributed by atoms with Gasteiger partial charge in [-0.3, -0.25) is 0 Å². The number of halogens is 6. The van der Waals surface area contributed by atoms with E-state index in [-0.39, 0.29) is 0 Å². The maximum atomic E-state index is 6.73. The predicted molar refractivity (Wildman–Crippen MR) is 219 cm³/mol. The molecule has 0 bridgehead atoms. The first-order chi connectivity index (χ1) is 26.2. The fourth-order valence-corrected chi connectivity index (χ4v) is 9.21. The molecule has 54 heavy (non-hydrogen) atoms. The van der Waals surface area contributed by atoms with Crippen molar-refractivity contribution in [3.05, 3.63) is 137 Å². The molecule has 0 aliphatic rings. The summed E-state index contributed by atoms with van der Waals surface area (Å²) >= 11 is 33.0. The third-order valence-electron chi connectivity index (χ3n) is 7.79. The summed E-state index contributed by atoms with van der Waals surface area (Å²) in [6.07, 6.45) is 3.36. The Labute approximate surface area is 351 Å². The molecule has 0 unspecified atom stereocenters. The first-order valence-corrected chi connectivity index (χ1v) is 20.9. The highest BCUT2D eigenvalue weighted by molar-refractivity contribution is 9.10. The summed E-state index contributed by atoms with van der Waals surface area (Å²) in [5.41, 5.74) is 4.47. The van der Waals surface area contributed by atoms with Gasteiger partial charge in [-0.2, -0.15) is 19.8 Å². The fourth-order valence-electron chi connectivity index (χ4n) is 5.21. The molecular formula is C34H20Br2Cl4N12S2. The molecule has 0 aliphatic heterocycles. The van der Waals surface area contributed by atoms with Crippen molar-refractivity contribution >= 4 is 99.9 Å². The van der Waals surface area contributed by atoms with Crippen LogP contribution in [0.1, 0.15) is 11.1 Å². The van der Waals surface area contributed by atoms with Gasteiger partial charge in [0.15, 0.2) is 0 Å². The average molecular weight is 962 g/mol. The zero-order valence-electron chi connectivity index (χ0n) is 27.1. The quantitative estimate of drug-likeness (QED) is 0.116. The topological polar surface area (TPSA) is 123 Å². The van der Waals surface area contributed by atoms with E-state index in [4.69, 9.17) is 66.8 Å². The van der Waals surface area contributed by atoms with Gasteiger partial charge in [-0.1, -0.05) is 103 Å². The zero-order valence-corrected chi connectivity index (χ0v) is 34.9. The second-order valence-corrected chi connectivity index (χ2v) is 17.1. The van der Waals surface area contributed by atoms with Crippen LogP contribution in [0.5, 0.6) is 0 Å². The van der Waals surface area contributed by atoms with Crippen LogP contribution in [0.25, 0.3) is 34.2 Å². The molecule has 4 aromatic carbocycles. The standard InChI is InChI=1S/C34H20Br2Cl4N12S2/c35-21-5-1-19(2-6-21)17-49-45-31(43-47-49)25-15-41-51(29-11-9-23(37)13-27(29)39)33(25)53-54-34-26(16-42-52(34)30-12-10-24(38)14-28(30)40)32-44-48-50(46-32)18-20-3-7-22(36)8-4-20/h1-16H,17-18H2. The molecule has 0 fully saturated rings. The highest BCUT2D eigenvalue weighted by Gasteiger charge is 2.25. The van der Waals surface area contributed by atoms with E-state index in [1.807, 2.05) is 48.5 Å². The van der Waals surface area contributed by atoms with Crippen LogP contribution in [0.3, 0.4) is 0 Å². The maximum absolute atomic E-state index is 6.73. The van der Waals surface area contributed by atoms with Gasteiger partial charge in [0.1, 0.15) is 10.1 Å². The first kappa shape index (κ1) is 37.2. The monoisotopic (exact) mass is 958 g/mol. The van der Waals surface area contributed by atoms with Crippen LogP contribution in [-0.2, 0) is 13.1 Å². The molecule has 12 nitrogen and oxygen atoms in total. The number of benzene rings is 4. The molecule has 0 aliphatic carbocycles. The van der Waals surface area contributed by atoms with Crippen LogP contribution < -0.4 is 0 Å². The molecule has 0 amide bonds. The molecule has 4 aromatic heterocycles. The van der Waals surface area contributed by atoms with E-state index in [0.29, 0.717) is 77.4 Å². The molecular weight excluding hydrogens is 942 g/mol. The lowest BCUT2D eigenvalue weighted by molar-refractivity contribution is 0.572. The Kier molecular flexibility index (Phi) is 11.1. The second-order valence-electron chi connectivity index (χ2n) is 11.4. The van der Waals surface area contributed by atoms with Crippen LogP contribution in [0, 0.1) is 0 Å². The van der Waals surface area contributed by atoms with Crippen molar-refractivity contribution < 1.29 is 0 Å². The zero-order chi connectivity index (χ0) is 37.3. The summed E-state index contributed by atoms with van der Waals surface area (Å²) < 4.78 is 5.39. The van der Waals surface area contributed by atoms with Crippen molar-refractivity contribution in [1.29, 1.82) is 0 Å². The predicted octanol–water partition coefficient (Wildman–Crippen LogP) is 10.4. The minimum absolute atomic E-state index is 0.374. The van der Waals surface area contributed by atoms with Crippen LogP contribution >= 0.6 is 99.9 Å². The minimum atomic E-state index is 0.374. The number of hydrogen-bond donors (Lipinski definition) is 0. The van der Waals surface area contributed by atoms with E-state index >= 15 is 0 Å². The Morgan fingerprint density at radius 1 is 0.537 bits per heavy atom. The number of tetrazole rings is 2. The van der Waals surface area contributed by atoms with E-state index in [1.54, 1.807) is 58.2 Å². The van der Waals surface area contributed by atoms with Crippen molar-refractivity contribution in [3.8, 4) is 34.2 Å². The van der Waals surface area contributed by atoms with Gasteiger partial charge in [-0.25, -0.2) is 9.36 Å². The lowest BCUT2D eigenvalue weighted by atomic mass is 10.2. The van der Waals surface area contributed by atoms with Crippen molar-refractivity contribution in [3.63, 3.8) is 0 Å². The third-order valence-corrected chi connectivity index (χ3v) is 12.3. The van der Waals surface area contributed by atoms with Crippen LogP contribution in [-0.4, -0.2) is 60.0 Å². The van der Waals surface area contributed by atoms with E-state index in [0.717, 1.165) is 20.1 Å². The summed E-state index contributed by atoms with van der Waals surface area (Å²) in [5.74, 6) is 0.747. The van der Waals surface area contributed by atoms with Gasteiger partial charge in [-0.15, -0.1) is 20.4 Å². The maximum Gasteiger partial charge on any atom is 0.209 e. The number of aromatic nitrogens is 12. The number of nitrogens with zero attached hydrogens (tertiary/aromatic N) is 12. The fraction of sp³-hybridized carbons (Fsp3) is 0.0588. The van der Waals surface area contributed by atoms with E-state index in [9.17, 15) is 0 Å². The van der Waals surface area contributed by atoms with Gasteiger partial charge in [0, 0.05) is 19.0 Å². The summed E-state index contributed by atoms with van der Waals surface area (Å²) in [6.45, 7) is 0.850. The average Bonchev–Trinajstić information content (AvgIpc) is 3.97. The largest absolute Gasteiger partial charge is 0.224 e. The smallest absolute Gasteiger partial charge is 0.209 e. The van der Waals surface area contributed by atoms with Gasteiger partial charge in [0.05, 0.1) is 58.0 Å². The molecule has 0 radical (unpaired) electrons. The molecule has 0 N–H and O–H groups in total. The van der Waals surface area contributed by atoms with Gasteiger partial charge >= 0.3 is 0 Å². The molecule has 0 saturated heterocycles. The second kappa shape index (κ2) is 16.2. The SMILES string of the molecule is Clc1ccc(-n2ncc(-c3nnn(Cc4ccc(Br)cc4)n3)c2SSc2c(-c3nnn(Cc4ccc(Br)cc4)n3)cnn2-c2ccc(Cl)cc2Cl)c(Cl)c1. The van der Waals surface area contributed by atoms with E-state index < -0.39 is 0 Å². The first-order valence-electron chi connectivity index (χ1n) is 15.6. The van der Waals surface area contributed by atoms with Crippen molar-refractivity contribution in [2.75, 3.05) is 0 Å². The Hall–Kier alpha value is -3.74. The Balaban J connectivity index is 1.18. The molecule has 0 spiro atoms. The highest BCUT2D eigenvalue weighted by atomic mass is 79.9. The summed E-state index contributed by atoms with van der Waals surface area (Å²) in [4.78, 5) is 3.07. The molecule has 20 heteroatoms. The number of hydrogen-bond acceptors (Lipinski definition) is 10. The van der Waals surface area contributed by atoms with Crippen molar-refractivity contribution in [1.82, 2.24) is 60.0 Å². The van der Waals surface area contributed by atoms with Crippen molar-refractivity contribution in [2.24, 2.45) is 0 Å².